The molecule has 2 aromatic rings. The maximum atomic E-state index is 6.17. The third kappa shape index (κ3) is 3.19. The summed E-state index contributed by atoms with van der Waals surface area (Å²) in [7, 11) is 2.21. The van der Waals surface area contributed by atoms with Gasteiger partial charge < -0.3 is 9.32 Å². The molecule has 0 saturated carbocycles. The van der Waals surface area contributed by atoms with Crippen LogP contribution in [0.3, 0.4) is 0 Å². The maximum Gasteiger partial charge on any atom is 0.198 e. The number of oxazole rings is 1. The number of nitrogens with zero attached hydrogens (tertiary/aromatic N) is 2. The number of hydrogen-bond acceptors (Lipinski definition) is 3. The normalized spacial score (nSPS) is 23.5. The first-order chi connectivity index (χ1) is 10.6. The van der Waals surface area contributed by atoms with E-state index in [-0.39, 0.29) is 0 Å². The van der Waals surface area contributed by atoms with E-state index in [1.54, 1.807) is 0 Å². The van der Waals surface area contributed by atoms with E-state index < -0.39 is 0 Å². The van der Waals surface area contributed by atoms with Crippen molar-refractivity contribution in [1.82, 2.24) is 9.88 Å². The van der Waals surface area contributed by atoms with Gasteiger partial charge in [-0.3, -0.25) is 0 Å². The second-order valence-corrected chi connectivity index (χ2v) is 7.28. The molecular formula is C19H28N2O. The van der Waals surface area contributed by atoms with Crippen LogP contribution >= 0.6 is 0 Å². The highest BCUT2D eigenvalue weighted by atomic mass is 16.3. The van der Waals surface area contributed by atoms with E-state index in [2.05, 4.69) is 50.9 Å². The summed E-state index contributed by atoms with van der Waals surface area (Å²) in [4.78, 5) is 7.22. The van der Waals surface area contributed by atoms with Crippen molar-refractivity contribution in [2.75, 3.05) is 20.1 Å². The van der Waals surface area contributed by atoms with Crippen LogP contribution in [0.15, 0.2) is 22.6 Å². The number of fused-ring (bicyclic) bond motifs is 1. The van der Waals surface area contributed by atoms with Gasteiger partial charge in [0.1, 0.15) is 5.52 Å². The second kappa shape index (κ2) is 6.41. The first kappa shape index (κ1) is 15.5. The maximum absolute atomic E-state index is 6.17. The Hall–Kier alpha value is -1.35. The Balaban J connectivity index is 1.87. The van der Waals surface area contributed by atoms with Gasteiger partial charge in [-0.15, -0.1) is 0 Å². The fourth-order valence-electron chi connectivity index (χ4n) is 3.70. The van der Waals surface area contributed by atoms with Crippen LogP contribution in [0.25, 0.3) is 11.1 Å². The molecule has 1 aromatic carbocycles. The third-order valence-electron chi connectivity index (χ3n) is 4.89. The molecule has 0 spiro atoms. The van der Waals surface area contributed by atoms with Crippen LogP contribution in [0.2, 0.25) is 0 Å². The molecule has 3 heteroatoms. The van der Waals surface area contributed by atoms with Gasteiger partial charge in [0.05, 0.1) is 0 Å². The third-order valence-corrected chi connectivity index (χ3v) is 4.89. The minimum Gasteiger partial charge on any atom is -0.440 e. The van der Waals surface area contributed by atoms with Crippen LogP contribution in [0.4, 0.5) is 0 Å². The number of rotatable bonds is 4. The zero-order chi connectivity index (χ0) is 15.7. The fourth-order valence-corrected chi connectivity index (χ4v) is 3.70. The van der Waals surface area contributed by atoms with Gasteiger partial charge >= 0.3 is 0 Å². The number of piperidine rings is 1. The summed E-state index contributed by atoms with van der Waals surface area (Å²) in [6.45, 7) is 9.07. The smallest absolute Gasteiger partial charge is 0.198 e. The molecule has 0 aliphatic carbocycles. The Kier molecular flexibility index (Phi) is 4.53. The SMILES string of the molecule is CC[C@H]1CN(C)CC[C@@H]1c1nc2ccc(CC(C)C)cc2o1. The molecule has 0 bridgehead atoms. The summed E-state index contributed by atoms with van der Waals surface area (Å²) in [5.41, 5.74) is 3.32. The lowest BCUT2D eigenvalue weighted by Crippen LogP contribution is -2.36. The molecule has 1 aliphatic heterocycles. The second-order valence-electron chi connectivity index (χ2n) is 7.28. The van der Waals surface area contributed by atoms with Crippen molar-refractivity contribution in [1.29, 1.82) is 0 Å². The predicted octanol–water partition coefficient (Wildman–Crippen LogP) is 4.47. The number of likely N-dealkylation sites (tertiary alicyclic amines) is 1. The van der Waals surface area contributed by atoms with Crippen molar-refractivity contribution >= 4 is 11.1 Å². The Bertz CT molecular complexity index is 631. The summed E-state index contributed by atoms with van der Waals surface area (Å²) in [6.07, 6.45) is 3.44. The van der Waals surface area contributed by atoms with Crippen molar-refractivity contribution in [3.05, 3.63) is 29.7 Å². The van der Waals surface area contributed by atoms with Crippen LogP contribution in [-0.2, 0) is 6.42 Å². The molecule has 1 aliphatic rings. The molecule has 22 heavy (non-hydrogen) atoms. The fraction of sp³-hybridized carbons (Fsp3) is 0.632. The van der Waals surface area contributed by atoms with Crippen LogP contribution in [0, 0.1) is 11.8 Å². The first-order valence-electron chi connectivity index (χ1n) is 8.64. The first-order valence-corrected chi connectivity index (χ1v) is 8.64. The summed E-state index contributed by atoms with van der Waals surface area (Å²) >= 11 is 0. The Labute approximate surface area is 133 Å². The Morgan fingerprint density at radius 3 is 2.91 bits per heavy atom. The highest BCUT2D eigenvalue weighted by Gasteiger charge is 2.31. The van der Waals surface area contributed by atoms with E-state index >= 15 is 0 Å². The molecule has 2 heterocycles. The summed E-state index contributed by atoms with van der Waals surface area (Å²) in [5, 5.41) is 0. The molecule has 0 N–H and O–H groups in total. The molecule has 3 nitrogen and oxygen atoms in total. The molecule has 1 fully saturated rings. The summed E-state index contributed by atoms with van der Waals surface area (Å²) in [5.74, 6) is 2.75. The highest BCUT2D eigenvalue weighted by Crippen LogP contribution is 2.35. The molecule has 0 amide bonds. The number of benzene rings is 1. The van der Waals surface area contributed by atoms with Gasteiger partial charge in [-0.05, 0) is 56.0 Å². The quantitative estimate of drug-likeness (QED) is 0.834. The molecule has 0 radical (unpaired) electrons. The van der Waals surface area contributed by atoms with E-state index in [0.717, 1.165) is 42.9 Å². The Morgan fingerprint density at radius 1 is 1.36 bits per heavy atom. The van der Waals surface area contributed by atoms with Crippen molar-refractivity contribution in [3.63, 3.8) is 0 Å². The van der Waals surface area contributed by atoms with Crippen LogP contribution in [-0.4, -0.2) is 30.0 Å². The zero-order valence-electron chi connectivity index (χ0n) is 14.3. The molecule has 0 unspecified atom stereocenters. The molecule has 1 aromatic heterocycles. The van der Waals surface area contributed by atoms with Crippen LogP contribution in [0.1, 0.15) is 51.0 Å². The van der Waals surface area contributed by atoms with Gasteiger partial charge in [0.25, 0.3) is 0 Å². The lowest BCUT2D eigenvalue weighted by Gasteiger charge is -2.34. The minimum absolute atomic E-state index is 0.474. The van der Waals surface area contributed by atoms with Crippen LogP contribution < -0.4 is 0 Å². The molecule has 3 rings (SSSR count). The van der Waals surface area contributed by atoms with E-state index in [4.69, 9.17) is 9.40 Å². The van der Waals surface area contributed by atoms with Gasteiger partial charge in [-0.25, -0.2) is 4.98 Å². The van der Waals surface area contributed by atoms with Gasteiger partial charge in [-0.2, -0.15) is 0 Å². The topological polar surface area (TPSA) is 29.3 Å². The van der Waals surface area contributed by atoms with Gasteiger partial charge in [0.2, 0.25) is 0 Å². The highest BCUT2D eigenvalue weighted by molar-refractivity contribution is 5.73. The van der Waals surface area contributed by atoms with Crippen molar-refractivity contribution in [2.24, 2.45) is 11.8 Å². The van der Waals surface area contributed by atoms with Crippen molar-refractivity contribution in [3.8, 4) is 0 Å². The van der Waals surface area contributed by atoms with E-state index in [1.807, 2.05) is 0 Å². The Morgan fingerprint density at radius 2 is 2.18 bits per heavy atom. The van der Waals surface area contributed by atoms with E-state index in [9.17, 15) is 0 Å². The number of hydrogen-bond donors (Lipinski definition) is 0. The standard InChI is InChI=1S/C19H28N2O/c1-5-15-12-21(4)9-8-16(15)19-20-17-7-6-14(10-13(2)3)11-18(17)22-19/h6-7,11,13,15-16H,5,8-10,12H2,1-4H3/t15-,16-/m0/s1. The van der Waals surface area contributed by atoms with Crippen molar-refractivity contribution in [2.45, 2.75) is 46.0 Å². The minimum atomic E-state index is 0.474. The van der Waals surface area contributed by atoms with Gasteiger partial charge in [0.15, 0.2) is 11.5 Å². The van der Waals surface area contributed by atoms with Crippen molar-refractivity contribution < 1.29 is 4.42 Å². The lowest BCUT2D eigenvalue weighted by atomic mass is 9.84. The average Bonchev–Trinajstić information content (AvgIpc) is 2.89. The molecule has 1 saturated heterocycles. The zero-order valence-corrected chi connectivity index (χ0v) is 14.3. The molecule has 2 atom stereocenters. The lowest BCUT2D eigenvalue weighted by molar-refractivity contribution is 0.165. The van der Waals surface area contributed by atoms with E-state index in [0.29, 0.717) is 17.8 Å². The monoisotopic (exact) mass is 300 g/mol. The van der Waals surface area contributed by atoms with Crippen LogP contribution in [0.5, 0.6) is 0 Å². The molecule has 120 valence electrons. The molecular weight excluding hydrogens is 272 g/mol. The summed E-state index contributed by atoms with van der Waals surface area (Å²) < 4.78 is 6.17. The average molecular weight is 300 g/mol. The summed E-state index contributed by atoms with van der Waals surface area (Å²) in [6, 6.07) is 6.50. The van der Waals surface area contributed by atoms with Gasteiger partial charge in [-0.1, -0.05) is 33.3 Å². The number of aromatic nitrogens is 1. The largest absolute Gasteiger partial charge is 0.440 e. The van der Waals surface area contributed by atoms with Gasteiger partial charge in [0, 0.05) is 12.5 Å². The van der Waals surface area contributed by atoms with E-state index in [1.165, 1.54) is 12.0 Å². The predicted molar refractivity (Wildman–Crippen MR) is 91.2 cm³/mol.